The number of aryl methyl sites for hydroxylation is 1. The normalized spacial score (nSPS) is 15.7. The summed E-state index contributed by atoms with van der Waals surface area (Å²) in [6.07, 6.45) is 8.32. The first kappa shape index (κ1) is 36.9. The molecule has 1 aliphatic carbocycles. The molecule has 3 aromatic rings. The minimum Gasteiger partial charge on any atom is -0.512 e. The smallest absolute Gasteiger partial charge is 0.164 e. The minimum atomic E-state index is -0.417. The van der Waals surface area contributed by atoms with Gasteiger partial charge in [0.1, 0.15) is 5.76 Å². The molecule has 4 rings (SSSR count). The van der Waals surface area contributed by atoms with Crippen LogP contribution in [-0.4, -0.2) is 15.9 Å². The third kappa shape index (κ3) is 10.4. The van der Waals surface area contributed by atoms with Gasteiger partial charge in [-0.25, -0.2) is 0 Å². The molecule has 0 aliphatic heterocycles. The summed E-state index contributed by atoms with van der Waals surface area (Å²) < 4.78 is 0. The van der Waals surface area contributed by atoms with Crippen molar-refractivity contribution in [2.75, 3.05) is 0 Å². The van der Waals surface area contributed by atoms with Crippen LogP contribution in [0.5, 0.6) is 0 Å². The molecule has 43 heavy (non-hydrogen) atoms. The van der Waals surface area contributed by atoms with Crippen molar-refractivity contribution in [3.8, 4) is 11.3 Å². The number of hydrogen-bond acceptors (Lipinski definition) is 3. The maximum atomic E-state index is 11.5. The van der Waals surface area contributed by atoms with Crippen LogP contribution in [0.4, 0.5) is 0 Å². The van der Waals surface area contributed by atoms with E-state index in [0.29, 0.717) is 5.92 Å². The topological polar surface area (TPSA) is 50.2 Å². The number of pyridine rings is 1. The van der Waals surface area contributed by atoms with Gasteiger partial charge in [-0.1, -0.05) is 114 Å². The predicted molar refractivity (Wildman–Crippen MR) is 179 cm³/mol. The van der Waals surface area contributed by atoms with Gasteiger partial charge in [0.2, 0.25) is 0 Å². The molecule has 0 bridgehead atoms. The molecule has 1 fully saturated rings. The molecule has 0 spiro atoms. The predicted octanol–water partition coefficient (Wildman–Crippen LogP) is 11.1. The second kappa shape index (κ2) is 14.7. The molecular weight excluding hydrogens is 707 g/mol. The van der Waals surface area contributed by atoms with Crippen LogP contribution in [0.25, 0.3) is 22.2 Å². The summed E-state index contributed by atoms with van der Waals surface area (Å²) in [5.74, 6) is 1.58. The quantitative estimate of drug-likeness (QED) is 0.164. The Morgan fingerprint density at radius 1 is 0.907 bits per heavy atom. The first-order valence-electron chi connectivity index (χ1n) is 15.8. The van der Waals surface area contributed by atoms with Gasteiger partial charge in [0.15, 0.2) is 5.78 Å². The first-order chi connectivity index (χ1) is 19.4. The fourth-order valence-electron chi connectivity index (χ4n) is 5.33. The van der Waals surface area contributed by atoms with Crippen molar-refractivity contribution in [1.29, 1.82) is 0 Å². The van der Waals surface area contributed by atoms with E-state index in [1.54, 1.807) is 0 Å². The molecule has 1 aliphatic rings. The molecule has 1 N–H and O–H groups in total. The number of nitrogens with zero attached hydrogens (tertiary/aromatic N) is 1. The van der Waals surface area contributed by atoms with Gasteiger partial charge in [-0.3, -0.25) is 9.78 Å². The van der Waals surface area contributed by atoms with Crippen molar-refractivity contribution in [1.82, 2.24) is 4.98 Å². The zero-order chi connectivity index (χ0) is 31.5. The van der Waals surface area contributed by atoms with Gasteiger partial charge in [0.05, 0.1) is 5.52 Å². The van der Waals surface area contributed by atoms with E-state index in [4.69, 9.17) is 4.98 Å². The number of benzene rings is 2. The number of aromatic nitrogens is 1. The largest absolute Gasteiger partial charge is 0.512 e. The molecule has 0 amide bonds. The number of carbonyl (C=O) groups is 1. The fraction of sp³-hybridized carbons (Fsp3) is 0.538. The molecule has 1 atom stereocenters. The molecule has 4 heteroatoms. The summed E-state index contributed by atoms with van der Waals surface area (Å²) in [7, 11) is 0. The van der Waals surface area contributed by atoms with Crippen LogP contribution in [0.3, 0.4) is 0 Å². The Bertz CT molecular complexity index is 1410. The summed E-state index contributed by atoms with van der Waals surface area (Å²) in [6, 6.07) is 19.3. The van der Waals surface area contributed by atoms with E-state index in [2.05, 4.69) is 83.1 Å². The summed E-state index contributed by atoms with van der Waals surface area (Å²) >= 11 is 0. The molecule has 1 radical (unpaired) electrons. The van der Waals surface area contributed by atoms with Crippen LogP contribution < -0.4 is 0 Å². The Morgan fingerprint density at radius 3 is 2.09 bits per heavy atom. The van der Waals surface area contributed by atoms with Crippen LogP contribution in [-0.2, 0) is 30.3 Å². The van der Waals surface area contributed by atoms with Gasteiger partial charge in [-0.15, -0.1) is 34.9 Å². The number of aliphatic hydroxyl groups excluding tert-OH is 1. The molecule has 237 valence electrons. The number of carbonyl (C=O) groups excluding carboxylic acids is 1. The van der Waals surface area contributed by atoms with Crippen molar-refractivity contribution >= 4 is 16.7 Å². The van der Waals surface area contributed by atoms with Gasteiger partial charge >= 0.3 is 0 Å². The summed E-state index contributed by atoms with van der Waals surface area (Å²) in [6.45, 7) is 22.4. The van der Waals surface area contributed by atoms with Crippen LogP contribution in [0.15, 0.2) is 54.3 Å². The van der Waals surface area contributed by atoms with Crippen LogP contribution >= 0.6 is 0 Å². The third-order valence-corrected chi connectivity index (χ3v) is 8.52. The van der Waals surface area contributed by atoms with Crippen molar-refractivity contribution < 1.29 is 30.0 Å². The Kier molecular flexibility index (Phi) is 12.6. The van der Waals surface area contributed by atoms with Crippen molar-refractivity contribution in [2.45, 2.75) is 120 Å². The number of aliphatic hydroxyl groups is 1. The SMILES string of the molecule is CC(C)(C)C(=O)/C=C(\O)C(C)(C)C.Cc1[c-]c(-c2ccc3cc(C(C)C4CCCCC4)ccc3n2)cc(C(C)(C)C)c1.[Ir]. The van der Waals surface area contributed by atoms with E-state index in [1.165, 1.54) is 60.3 Å². The summed E-state index contributed by atoms with van der Waals surface area (Å²) in [5, 5.41) is 10.8. The summed E-state index contributed by atoms with van der Waals surface area (Å²) in [5.41, 5.74) is 6.52. The molecule has 1 saturated carbocycles. The van der Waals surface area contributed by atoms with Crippen molar-refractivity contribution in [3.05, 3.63) is 77.1 Å². The summed E-state index contributed by atoms with van der Waals surface area (Å²) in [4.78, 5) is 16.5. The second-order valence-corrected chi connectivity index (χ2v) is 15.4. The van der Waals surface area contributed by atoms with E-state index in [0.717, 1.165) is 22.7 Å². The third-order valence-electron chi connectivity index (χ3n) is 8.52. The molecule has 1 heterocycles. The van der Waals surface area contributed by atoms with E-state index < -0.39 is 5.41 Å². The van der Waals surface area contributed by atoms with Gasteiger partial charge in [-0.2, -0.15) is 0 Å². The Labute approximate surface area is 275 Å². The van der Waals surface area contributed by atoms with Crippen LogP contribution in [0, 0.1) is 29.7 Å². The van der Waals surface area contributed by atoms with Gasteiger partial charge < -0.3 is 5.11 Å². The number of rotatable bonds is 4. The molecule has 3 nitrogen and oxygen atoms in total. The minimum absolute atomic E-state index is 0. The number of fused-ring (bicyclic) bond motifs is 1. The number of allylic oxidation sites excluding steroid dienone is 2. The monoisotopic (exact) mass is 761 g/mol. The van der Waals surface area contributed by atoms with E-state index in [-0.39, 0.29) is 42.5 Å². The van der Waals surface area contributed by atoms with Crippen molar-refractivity contribution in [2.24, 2.45) is 16.7 Å². The number of hydrogen-bond donors (Lipinski definition) is 1. The van der Waals surface area contributed by atoms with Gasteiger partial charge in [0.25, 0.3) is 0 Å². The standard InChI is InChI=1S/C28H34N.C11H20O2.Ir/c1-19-15-24(18-25(16-19)28(3,4)5)27-14-12-23-17-22(11-13-26(23)29-27)20(2)21-9-7-6-8-10-21;1-10(2,3)8(12)7-9(13)11(4,5)6;/h11-14,16-18,20-21H,6-10H2,1-5H3;7,12H,1-6H3;/q-1;;/b;8-7-;. The number of ketones is 1. The molecule has 2 aromatic carbocycles. The fourth-order valence-corrected chi connectivity index (χ4v) is 5.33. The van der Waals surface area contributed by atoms with E-state index >= 15 is 0 Å². The zero-order valence-electron chi connectivity index (χ0n) is 28.4. The average molecular weight is 761 g/mol. The molecular formula is C39H54IrNO2-. The van der Waals surface area contributed by atoms with E-state index in [9.17, 15) is 9.90 Å². The Morgan fingerprint density at radius 2 is 1.53 bits per heavy atom. The average Bonchev–Trinajstić information content (AvgIpc) is 2.91. The van der Waals surface area contributed by atoms with Gasteiger partial charge in [0, 0.05) is 37.0 Å². The zero-order valence-corrected chi connectivity index (χ0v) is 30.8. The van der Waals surface area contributed by atoms with E-state index in [1.807, 2.05) is 41.5 Å². The molecule has 0 saturated heterocycles. The van der Waals surface area contributed by atoms with Crippen molar-refractivity contribution in [3.63, 3.8) is 0 Å². The van der Waals surface area contributed by atoms with Gasteiger partial charge in [-0.05, 0) is 58.9 Å². The Hall–Kier alpha value is -2.29. The van der Waals surface area contributed by atoms with Crippen LogP contribution in [0.1, 0.15) is 124 Å². The molecule has 1 aromatic heterocycles. The first-order valence-corrected chi connectivity index (χ1v) is 15.8. The maximum Gasteiger partial charge on any atom is 0.164 e. The molecule has 1 unspecified atom stereocenters. The maximum absolute atomic E-state index is 11.5. The Balaban J connectivity index is 0.000000394. The second-order valence-electron chi connectivity index (χ2n) is 15.4. The van der Waals surface area contributed by atoms with Crippen LogP contribution in [0.2, 0.25) is 0 Å².